The lowest BCUT2D eigenvalue weighted by Gasteiger charge is -2.16. The Bertz CT molecular complexity index is 840. The highest BCUT2D eigenvalue weighted by atomic mass is 32.2. The Labute approximate surface area is 138 Å². The number of sulfonamides is 1. The number of halogens is 3. The summed E-state index contributed by atoms with van der Waals surface area (Å²) in [6.45, 7) is 3.80. The van der Waals surface area contributed by atoms with Crippen LogP contribution in [0.1, 0.15) is 25.5 Å². The number of benzene rings is 2. The molecule has 0 heterocycles. The van der Waals surface area contributed by atoms with Crippen LogP contribution in [0.5, 0.6) is 5.75 Å². The van der Waals surface area contributed by atoms with Gasteiger partial charge in [0.05, 0.1) is 6.61 Å². The summed E-state index contributed by atoms with van der Waals surface area (Å²) in [6.07, 6.45) is 0. The van der Waals surface area contributed by atoms with Gasteiger partial charge >= 0.3 is 0 Å². The van der Waals surface area contributed by atoms with Crippen LogP contribution < -0.4 is 9.46 Å². The fourth-order valence-electron chi connectivity index (χ4n) is 2.11. The SMILES string of the molecule is CCOc1cccc(C(C)NS(=O)(=O)c2cc(F)c(F)cc2F)c1. The predicted molar refractivity (Wildman–Crippen MR) is 82.7 cm³/mol. The third-order valence-electron chi connectivity index (χ3n) is 3.27. The topological polar surface area (TPSA) is 55.4 Å². The van der Waals surface area contributed by atoms with Crippen LogP contribution in [-0.2, 0) is 10.0 Å². The molecule has 0 bridgehead atoms. The summed E-state index contributed by atoms with van der Waals surface area (Å²) in [7, 11) is -4.38. The first-order valence-corrected chi connectivity index (χ1v) is 8.62. The van der Waals surface area contributed by atoms with E-state index in [9.17, 15) is 21.6 Å². The molecule has 0 aliphatic carbocycles. The van der Waals surface area contributed by atoms with Crippen LogP contribution in [-0.4, -0.2) is 15.0 Å². The van der Waals surface area contributed by atoms with Crippen LogP contribution in [0.2, 0.25) is 0 Å². The quantitative estimate of drug-likeness (QED) is 0.803. The standard InChI is InChI=1S/C16H16F3NO3S/c1-3-23-12-6-4-5-11(7-12)10(2)20-24(21,22)16-9-14(18)13(17)8-15(16)19/h4-10,20H,3H2,1-2H3. The number of hydrogen-bond acceptors (Lipinski definition) is 3. The van der Waals surface area contributed by atoms with Gasteiger partial charge in [-0.15, -0.1) is 0 Å². The molecule has 4 nitrogen and oxygen atoms in total. The van der Waals surface area contributed by atoms with E-state index in [2.05, 4.69) is 4.72 Å². The molecule has 24 heavy (non-hydrogen) atoms. The number of rotatable bonds is 6. The molecule has 0 aliphatic heterocycles. The van der Waals surface area contributed by atoms with E-state index in [1.807, 2.05) is 6.92 Å². The molecule has 8 heteroatoms. The van der Waals surface area contributed by atoms with Crippen LogP contribution in [0.25, 0.3) is 0 Å². The molecule has 2 rings (SSSR count). The van der Waals surface area contributed by atoms with E-state index in [1.165, 1.54) is 0 Å². The second-order valence-electron chi connectivity index (χ2n) is 5.05. The molecule has 1 atom stereocenters. The molecule has 0 spiro atoms. The molecule has 0 aromatic heterocycles. The Kier molecular flexibility index (Phi) is 5.51. The molecule has 2 aromatic carbocycles. The summed E-state index contributed by atoms with van der Waals surface area (Å²) in [5.74, 6) is -3.71. The zero-order valence-electron chi connectivity index (χ0n) is 13.0. The smallest absolute Gasteiger partial charge is 0.244 e. The Morgan fingerprint density at radius 1 is 1.08 bits per heavy atom. The van der Waals surface area contributed by atoms with Gasteiger partial charge in [0.2, 0.25) is 10.0 Å². The fraction of sp³-hybridized carbons (Fsp3) is 0.250. The second kappa shape index (κ2) is 7.23. The van der Waals surface area contributed by atoms with Gasteiger partial charge in [0, 0.05) is 12.1 Å². The lowest BCUT2D eigenvalue weighted by atomic mass is 10.1. The van der Waals surface area contributed by atoms with E-state index in [0.717, 1.165) is 0 Å². The van der Waals surface area contributed by atoms with Crippen molar-refractivity contribution in [1.29, 1.82) is 0 Å². The molecule has 1 unspecified atom stereocenters. The van der Waals surface area contributed by atoms with Crippen LogP contribution in [0.4, 0.5) is 13.2 Å². The summed E-state index contributed by atoms with van der Waals surface area (Å²) in [6, 6.07) is 6.48. The van der Waals surface area contributed by atoms with E-state index in [-0.39, 0.29) is 6.07 Å². The Hall–Kier alpha value is -2.06. The largest absolute Gasteiger partial charge is 0.494 e. The van der Waals surface area contributed by atoms with Gasteiger partial charge in [-0.05, 0) is 37.6 Å². The summed E-state index contributed by atoms with van der Waals surface area (Å²) in [4.78, 5) is -0.950. The van der Waals surface area contributed by atoms with E-state index < -0.39 is 38.4 Å². The van der Waals surface area contributed by atoms with Crippen molar-refractivity contribution in [3.63, 3.8) is 0 Å². The van der Waals surface area contributed by atoms with E-state index in [1.54, 1.807) is 31.2 Å². The maximum atomic E-state index is 13.7. The van der Waals surface area contributed by atoms with Crippen molar-refractivity contribution in [1.82, 2.24) is 4.72 Å². The van der Waals surface area contributed by atoms with Crippen molar-refractivity contribution in [2.45, 2.75) is 24.8 Å². The maximum Gasteiger partial charge on any atom is 0.244 e. The normalized spacial score (nSPS) is 12.9. The van der Waals surface area contributed by atoms with Gasteiger partial charge in [-0.25, -0.2) is 26.3 Å². The van der Waals surface area contributed by atoms with Crippen molar-refractivity contribution in [2.75, 3.05) is 6.61 Å². The highest BCUT2D eigenvalue weighted by molar-refractivity contribution is 7.89. The van der Waals surface area contributed by atoms with Crippen molar-refractivity contribution >= 4 is 10.0 Å². The monoisotopic (exact) mass is 359 g/mol. The van der Waals surface area contributed by atoms with Gasteiger partial charge in [0.1, 0.15) is 16.5 Å². The summed E-state index contributed by atoms with van der Waals surface area (Å²) < 4.78 is 71.9. The van der Waals surface area contributed by atoms with Gasteiger partial charge in [-0.3, -0.25) is 0 Å². The summed E-state index contributed by atoms with van der Waals surface area (Å²) in [5.41, 5.74) is 0.576. The van der Waals surface area contributed by atoms with Crippen molar-refractivity contribution < 1.29 is 26.3 Å². The highest BCUT2D eigenvalue weighted by Gasteiger charge is 2.24. The minimum Gasteiger partial charge on any atom is -0.494 e. The van der Waals surface area contributed by atoms with Crippen LogP contribution in [0, 0.1) is 17.5 Å². The van der Waals surface area contributed by atoms with E-state index in [0.29, 0.717) is 24.0 Å². The van der Waals surface area contributed by atoms with Crippen molar-refractivity contribution in [3.05, 3.63) is 59.4 Å². The van der Waals surface area contributed by atoms with E-state index >= 15 is 0 Å². The molecular formula is C16H16F3NO3S. The predicted octanol–water partition coefficient (Wildman–Crippen LogP) is 3.54. The Morgan fingerprint density at radius 2 is 1.75 bits per heavy atom. The summed E-state index contributed by atoms with van der Waals surface area (Å²) >= 11 is 0. The molecular weight excluding hydrogens is 343 g/mol. The number of nitrogens with one attached hydrogen (secondary N) is 1. The Morgan fingerprint density at radius 3 is 2.42 bits per heavy atom. The molecule has 0 radical (unpaired) electrons. The summed E-state index contributed by atoms with van der Waals surface area (Å²) in [5, 5.41) is 0. The first-order chi connectivity index (χ1) is 11.2. The number of ether oxygens (including phenoxy) is 1. The molecule has 0 aliphatic rings. The van der Waals surface area contributed by atoms with Crippen LogP contribution in [0.15, 0.2) is 41.3 Å². The minimum absolute atomic E-state index is 0.199. The van der Waals surface area contributed by atoms with Gasteiger partial charge in [0.25, 0.3) is 0 Å². The lowest BCUT2D eigenvalue weighted by molar-refractivity contribution is 0.339. The maximum absolute atomic E-state index is 13.7. The third-order valence-corrected chi connectivity index (χ3v) is 4.82. The van der Waals surface area contributed by atoms with Gasteiger partial charge in [-0.1, -0.05) is 12.1 Å². The first-order valence-electron chi connectivity index (χ1n) is 7.14. The molecule has 0 amide bonds. The van der Waals surface area contributed by atoms with Crippen molar-refractivity contribution in [2.24, 2.45) is 0 Å². The highest BCUT2D eigenvalue weighted by Crippen LogP contribution is 2.23. The minimum atomic E-state index is -4.38. The Balaban J connectivity index is 2.29. The fourth-order valence-corrected chi connectivity index (χ4v) is 3.42. The van der Waals surface area contributed by atoms with Gasteiger partial charge in [-0.2, -0.15) is 0 Å². The number of hydrogen-bond donors (Lipinski definition) is 1. The zero-order valence-corrected chi connectivity index (χ0v) is 13.8. The second-order valence-corrected chi connectivity index (χ2v) is 6.73. The average Bonchev–Trinajstić information content (AvgIpc) is 2.51. The van der Waals surface area contributed by atoms with Gasteiger partial charge < -0.3 is 4.74 Å². The molecule has 1 N–H and O–H groups in total. The van der Waals surface area contributed by atoms with Crippen LogP contribution >= 0.6 is 0 Å². The molecule has 0 saturated carbocycles. The lowest BCUT2D eigenvalue weighted by Crippen LogP contribution is -2.28. The molecule has 0 fully saturated rings. The third kappa shape index (κ3) is 4.07. The van der Waals surface area contributed by atoms with E-state index in [4.69, 9.17) is 4.74 Å². The first kappa shape index (κ1) is 18.3. The van der Waals surface area contributed by atoms with Gasteiger partial charge in [0.15, 0.2) is 11.6 Å². The van der Waals surface area contributed by atoms with Crippen LogP contribution in [0.3, 0.4) is 0 Å². The average molecular weight is 359 g/mol. The zero-order chi connectivity index (χ0) is 17.9. The molecule has 130 valence electrons. The molecule has 2 aromatic rings. The molecule has 0 saturated heterocycles. The van der Waals surface area contributed by atoms with Crippen molar-refractivity contribution in [3.8, 4) is 5.75 Å².